The highest BCUT2D eigenvalue weighted by Gasteiger charge is 2.34. The van der Waals surface area contributed by atoms with Gasteiger partial charge in [-0.3, -0.25) is 13.9 Å². The molecule has 1 N–H and O–H groups in total. The molecule has 1 atom stereocenters. The van der Waals surface area contributed by atoms with E-state index in [1.807, 2.05) is 6.92 Å². The normalized spacial score (nSPS) is 12.1. The Morgan fingerprint density at radius 1 is 0.875 bits per heavy atom. The number of hydrogen-bond donors (Lipinski definition) is 1. The molecule has 0 saturated heterocycles. The zero-order valence-corrected chi connectivity index (χ0v) is 26.0. The first-order valence-corrected chi connectivity index (χ1v) is 15.4. The van der Waals surface area contributed by atoms with Crippen molar-refractivity contribution in [1.82, 2.24) is 10.2 Å². The molecular weight excluding hydrogens is 616 g/mol. The Hall–Kier alpha value is -2.49. The lowest BCUT2D eigenvalue weighted by Gasteiger charge is -2.33. The van der Waals surface area contributed by atoms with Crippen LogP contribution in [0.5, 0.6) is 0 Å². The van der Waals surface area contributed by atoms with Crippen molar-refractivity contribution in [3.8, 4) is 0 Å². The van der Waals surface area contributed by atoms with Crippen LogP contribution >= 0.6 is 46.4 Å². The van der Waals surface area contributed by atoms with E-state index in [1.54, 1.807) is 38.1 Å². The molecule has 3 aromatic rings. The fourth-order valence-corrected chi connectivity index (χ4v) is 6.22. The zero-order chi connectivity index (χ0) is 29.6. The van der Waals surface area contributed by atoms with E-state index in [4.69, 9.17) is 46.4 Å². The molecule has 0 fully saturated rings. The number of likely N-dealkylation sites (N-methyl/N-ethyl adjacent to an activating group) is 1. The van der Waals surface area contributed by atoms with Crippen LogP contribution in [0.25, 0.3) is 0 Å². The molecular formula is C28H29Cl4N3O4S. The number of halogens is 4. The maximum absolute atomic E-state index is 14.0. The standard InChI is InChI=1S/C28H29Cl4N3O4S/c1-4-26(28(37)33-5-2)34(16-19-8-9-20(29)14-24(19)31)27(36)17-35(21-10-13-23(30)25(32)15-21)40(38,39)22-11-6-18(3)7-12-22/h6-15,26H,4-5,16-17H2,1-3H3,(H,33,37)/t26-/m1/s1. The second-order valence-corrected chi connectivity index (χ2v) is 12.5. The molecule has 40 heavy (non-hydrogen) atoms. The van der Waals surface area contributed by atoms with Crippen molar-refractivity contribution in [3.63, 3.8) is 0 Å². The average Bonchev–Trinajstić information content (AvgIpc) is 2.90. The van der Waals surface area contributed by atoms with Crippen molar-refractivity contribution in [2.24, 2.45) is 0 Å². The molecule has 214 valence electrons. The van der Waals surface area contributed by atoms with Gasteiger partial charge in [-0.1, -0.05) is 77.1 Å². The molecule has 3 aromatic carbocycles. The first-order valence-electron chi connectivity index (χ1n) is 12.4. The molecule has 3 rings (SSSR count). The van der Waals surface area contributed by atoms with E-state index < -0.39 is 28.5 Å². The molecule has 0 bridgehead atoms. The third-order valence-electron chi connectivity index (χ3n) is 6.17. The highest BCUT2D eigenvalue weighted by Crippen LogP contribution is 2.31. The first-order chi connectivity index (χ1) is 18.9. The first kappa shape index (κ1) is 32.0. The van der Waals surface area contributed by atoms with Gasteiger partial charge in [0.2, 0.25) is 11.8 Å². The van der Waals surface area contributed by atoms with Crippen molar-refractivity contribution < 1.29 is 18.0 Å². The SMILES string of the molecule is CCNC(=O)[C@@H](CC)N(Cc1ccc(Cl)cc1Cl)C(=O)CN(c1ccc(Cl)c(Cl)c1)S(=O)(=O)c1ccc(C)cc1. The van der Waals surface area contributed by atoms with Gasteiger partial charge in [0.1, 0.15) is 12.6 Å². The number of aryl methyl sites for hydroxylation is 1. The minimum absolute atomic E-state index is 0.0139. The Morgan fingerprint density at radius 2 is 1.55 bits per heavy atom. The van der Waals surface area contributed by atoms with Crippen LogP contribution in [-0.2, 0) is 26.2 Å². The topological polar surface area (TPSA) is 86.8 Å². The van der Waals surface area contributed by atoms with Crippen LogP contribution in [0.2, 0.25) is 20.1 Å². The third kappa shape index (κ3) is 7.62. The Morgan fingerprint density at radius 3 is 2.12 bits per heavy atom. The maximum Gasteiger partial charge on any atom is 0.264 e. The molecule has 0 aromatic heterocycles. The van der Waals surface area contributed by atoms with Gasteiger partial charge in [0.05, 0.1) is 20.6 Å². The Kier molecular flexibility index (Phi) is 11.1. The molecule has 12 heteroatoms. The summed E-state index contributed by atoms with van der Waals surface area (Å²) >= 11 is 24.8. The van der Waals surface area contributed by atoms with Crippen LogP contribution in [0, 0.1) is 6.92 Å². The van der Waals surface area contributed by atoms with Crippen LogP contribution in [0.1, 0.15) is 31.4 Å². The molecule has 0 aliphatic rings. The number of benzene rings is 3. The lowest BCUT2D eigenvalue weighted by molar-refractivity contribution is -0.140. The predicted molar refractivity (Wildman–Crippen MR) is 162 cm³/mol. The Bertz CT molecular complexity index is 1480. The van der Waals surface area contributed by atoms with E-state index in [2.05, 4.69) is 5.32 Å². The number of hydrogen-bond acceptors (Lipinski definition) is 4. The number of anilines is 1. The molecule has 0 heterocycles. The number of rotatable bonds is 11. The molecule has 0 saturated carbocycles. The van der Waals surface area contributed by atoms with Crippen molar-refractivity contribution in [1.29, 1.82) is 0 Å². The average molecular weight is 645 g/mol. The van der Waals surface area contributed by atoms with Gasteiger partial charge in [0.25, 0.3) is 10.0 Å². The summed E-state index contributed by atoms with van der Waals surface area (Å²) in [4.78, 5) is 28.3. The number of nitrogens with one attached hydrogen (secondary N) is 1. The van der Waals surface area contributed by atoms with E-state index in [0.29, 0.717) is 22.2 Å². The smallest absolute Gasteiger partial charge is 0.264 e. The molecule has 0 spiro atoms. The number of nitrogens with zero attached hydrogens (tertiary/aromatic N) is 2. The molecule has 0 aliphatic carbocycles. The van der Waals surface area contributed by atoms with Crippen molar-refractivity contribution in [2.75, 3.05) is 17.4 Å². The van der Waals surface area contributed by atoms with Crippen LogP contribution in [0.3, 0.4) is 0 Å². The lowest BCUT2D eigenvalue weighted by atomic mass is 10.1. The van der Waals surface area contributed by atoms with Gasteiger partial charge in [-0.2, -0.15) is 0 Å². The van der Waals surface area contributed by atoms with E-state index in [0.717, 1.165) is 9.87 Å². The van der Waals surface area contributed by atoms with Crippen LogP contribution < -0.4 is 9.62 Å². The Balaban J connectivity index is 2.10. The number of sulfonamides is 1. The summed E-state index contributed by atoms with van der Waals surface area (Å²) in [5, 5.41) is 3.82. The van der Waals surface area contributed by atoms with Gasteiger partial charge in [-0.25, -0.2) is 8.42 Å². The van der Waals surface area contributed by atoms with Crippen LogP contribution in [0.4, 0.5) is 5.69 Å². The Labute approximate surface area is 255 Å². The van der Waals surface area contributed by atoms with Crippen molar-refractivity contribution in [3.05, 3.63) is 91.9 Å². The number of carbonyl (C=O) groups is 2. The summed E-state index contributed by atoms with van der Waals surface area (Å²) in [6, 6.07) is 14.5. The van der Waals surface area contributed by atoms with Gasteiger partial charge >= 0.3 is 0 Å². The number of carbonyl (C=O) groups excluding carboxylic acids is 2. The van der Waals surface area contributed by atoms with Gasteiger partial charge in [-0.05, 0) is 68.3 Å². The lowest BCUT2D eigenvalue weighted by Crippen LogP contribution is -2.52. The van der Waals surface area contributed by atoms with Gasteiger partial charge in [0.15, 0.2) is 0 Å². The summed E-state index contributed by atoms with van der Waals surface area (Å²) in [5.41, 5.74) is 1.55. The zero-order valence-electron chi connectivity index (χ0n) is 22.1. The van der Waals surface area contributed by atoms with Crippen molar-refractivity contribution in [2.45, 2.75) is 44.7 Å². The fourth-order valence-electron chi connectivity index (χ4n) is 4.05. The number of amides is 2. The van der Waals surface area contributed by atoms with E-state index in [-0.39, 0.29) is 39.5 Å². The van der Waals surface area contributed by atoms with E-state index in [1.165, 1.54) is 41.3 Å². The summed E-state index contributed by atoms with van der Waals surface area (Å²) in [7, 11) is -4.24. The van der Waals surface area contributed by atoms with Gasteiger partial charge < -0.3 is 10.2 Å². The molecule has 0 radical (unpaired) electrons. The second kappa shape index (κ2) is 13.9. The maximum atomic E-state index is 14.0. The van der Waals surface area contributed by atoms with E-state index in [9.17, 15) is 18.0 Å². The van der Waals surface area contributed by atoms with Crippen LogP contribution in [0.15, 0.2) is 65.6 Å². The van der Waals surface area contributed by atoms with E-state index >= 15 is 0 Å². The third-order valence-corrected chi connectivity index (χ3v) is 9.29. The predicted octanol–water partition coefficient (Wildman–Crippen LogP) is 6.75. The molecule has 7 nitrogen and oxygen atoms in total. The monoisotopic (exact) mass is 643 g/mol. The van der Waals surface area contributed by atoms with Crippen molar-refractivity contribution >= 4 is 73.9 Å². The molecule has 0 aliphatic heterocycles. The highest BCUT2D eigenvalue weighted by molar-refractivity contribution is 7.92. The minimum Gasteiger partial charge on any atom is -0.355 e. The fraction of sp³-hybridized carbons (Fsp3) is 0.286. The summed E-state index contributed by atoms with van der Waals surface area (Å²) in [6.45, 7) is 5.06. The second-order valence-electron chi connectivity index (χ2n) is 9.00. The highest BCUT2D eigenvalue weighted by atomic mass is 35.5. The summed E-state index contributed by atoms with van der Waals surface area (Å²) < 4.78 is 28.7. The molecule has 2 amide bonds. The molecule has 0 unspecified atom stereocenters. The van der Waals surface area contributed by atoms with Gasteiger partial charge in [0, 0.05) is 23.1 Å². The van der Waals surface area contributed by atoms with Crippen LogP contribution in [-0.4, -0.2) is 44.3 Å². The largest absolute Gasteiger partial charge is 0.355 e. The van der Waals surface area contributed by atoms with Gasteiger partial charge in [-0.15, -0.1) is 0 Å². The summed E-state index contributed by atoms with van der Waals surface area (Å²) in [6.07, 6.45) is 0.278. The minimum atomic E-state index is -4.24. The quantitative estimate of drug-likeness (QED) is 0.250. The summed E-state index contributed by atoms with van der Waals surface area (Å²) in [5.74, 6) is -0.989.